The second kappa shape index (κ2) is 5.45. The van der Waals surface area contributed by atoms with Gasteiger partial charge in [-0.25, -0.2) is 0 Å². The highest BCUT2D eigenvalue weighted by Gasteiger charge is 2.37. The van der Waals surface area contributed by atoms with Crippen molar-refractivity contribution in [2.75, 3.05) is 26.3 Å². The first-order chi connectivity index (χ1) is 7.76. The van der Waals surface area contributed by atoms with Crippen molar-refractivity contribution >= 4 is 0 Å². The van der Waals surface area contributed by atoms with E-state index >= 15 is 0 Å². The molecule has 2 rings (SSSR count). The summed E-state index contributed by atoms with van der Waals surface area (Å²) < 4.78 is 5.58. The van der Waals surface area contributed by atoms with Crippen LogP contribution in [-0.2, 0) is 4.74 Å². The Kier molecular flexibility index (Phi) is 4.19. The highest BCUT2D eigenvalue weighted by atomic mass is 16.5. The van der Waals surface area contributed by atoms with Crippen LogP contribution in [0.4, 0.5) is 0 Å². The molecule has 0 aromatic rings. The van der Waals surface area contributed by atoms with E-state index in [9.17, 15) is 5.11 Å². The van der Waals surface area contributed by atoms with Crippen LogP contribution in [0, 0.1) is 5.92 Å². The van der Waals surface area contributed by atoms with Gasteiger partial charge in [0.1, 0.15) is 0 Å². The number of hydrogen-bond acceptors (Lipinski definition) is 4. The predicted molar refractivity (Wildman–Crippen MR) is 63.2 cm³/mol. The lowest BCUT2D eigenvalue weighted by atomic mass is 9.99. The van der Waals surface area contributed by atoms with Gasteiger partial charge in [0.15, 0.2) is 0 Å². The number of rotatable bonds is 3. The molecule has 4 atom stereocenters. The molecule has 2 fully saturated rings. The maximum atomic E-state index is 9.18. The fourth-order valence-corrected chi connectivity index (χ4v) is 3.14. The van der Waals surface area contributed by atoms with Crippen molar-refractivity contribution in [1.29, 1.82) is 0 Å². The molecule has 0 spiro atoms. The molecular weight excluding hydrogens is 204 g/mol. The molecule has 4 heteroatoms. The van der Waals surface area contributed by atoms with E-state index in [-0.39, 0.29) is 12.7 Å². The lowest BCUT2D eigenvalue weighted by Gasteiger charge is -2.43. The first kappa shape index (κ1) is 12.3. The third kappa shape index (κ3) is 2.40. The number of nitrogens with two attached hydrogens (primary N) is 1. The van der Waals surface area contributed by atoms with Crippen molar-refractivity contribution in [3.63, 3.8) is 0 Å². The van der Waals surface area contributed by atoms with Gasteiger partial charge < -0.3 is 15.6 Å². The highest BCUT2D eigenvalue weighted by molar-refractivity contribution is 4.91. The van der Waals surface area contributed by atoms with E-state index in [4.69, 9.17) is 10.5 Å². The summed E-state index contributed by atoms with van der Waals surface area (Å²) in [4.78, 5) is 2.51. The van der Waals surface area contributed by atoms with Gasteiger partial charge in [-0.15, -0.1) is 0 Å². The van der Waals surface area contributed by atoms with Crippen LogP contribution in [0.15, 0.2) is 0 Å². The number of ether oxygens (including phenoxy) is 1. The van der Waals surface area contributed by atoms with Gasteiger partial charge in [0.25, 0.3) is 0 Å². The summed E-state index contributed by atoms with van der Waals surface area (Å²) in [6.07, 6.45) is 3.80. The van der Waals surface area contributed by atoms with E-state index in [1.807, 2.05) is 0 Å². The number of aliphatic hydroxyl groups is 1. The van der Waals surface area contributed by atoms with Crippen LogP contribution in [0.2, 0.25) is 0 Å². The summed E-state index contributed by atoms with van der Waals surface area (Å²) in [5.74, 6) is 0.639. The largest absolute Gasteiger partial charge is 0.394 e. The fraction of sp³-hybridized carbons (Fsp3) is 1.00. The average Bonchev–Trinajstić information content (AvgIpc) is 2.77. The van der Waals surface area contributed by atoms with Crippen LogP contribution in [0.5, 0.6) is 0 Å². The maximum Gasteiger partial charge on any atom is 0.0933 e. The molecule has 94 valence electrons. The van der Waals surface area contributed by atoms with Gasteiger partial charge in [0.2, 0.25) is 0 Å². The van der Waals surface area contributed by atoms with Crippen LogP contribution < -0.4 is 5.73 Å². The zero-order chi connectivity index (χ0) is 11.5. The van der Waals surface area contributed by atoms with Gasteiger partial charge in [0.05, 0.1) is 19.3 Å². The Bertz CT molecular complexity index is 225. The normalized spacial score (nSPS) is 41.4. The molecule has 0 radical (unpaired) electrons. The molecule has 4 nitrogen and oxygen atoms in total. The lowest BCUT2D eigenvalue weighted by molar-refractivity contribution is -0.0949. The fourth-order valence-electron chi connectivity index (χ4n) is 3.14. The van der Waals surface area contributed by atoms with Crippen molar-refractivity contribution in [1.82, 2.24) is 4.90 Å². The Hall–Kier alpha value is -0.160. The van der Waals surface area contributed by atoms with Crippen LogP contribution in [0.1, 0.15) is 26.2 Å². The topological polar surface area (TPSA) is 58.7 Å². The molecule has 0 aromatic carbocycles. The molecule has 1 saturated heterocycles. The van der Waals surface area contributed by atoms with Crippen molar-refractivity contribution in [3.05, 3.63) is 0 Å². The standard InChI is InChI=1S/C12H24N2O2/c1-9-8-16-11(7-15)6-14(9)12-4-2-3-10(12)5-13/h9-12,15H,2-8,13H2,1H3. The Balaban J connectivity index is 2.00. The third-order valence-electron chi connectivity index (χ3n) is 4.11. The zero-order valence-corrected chi connectivity index (χ0v) is 10.1. The summed E-state index contributed by atoms with van der Waals surface area (Å²) in [5, 5.41) is 9.18. The second-order valence-corrected chi connectivity index (χ2v) is 5.18. The number of aliphatic hydroxyl groups excluding tert-OH is 1. The van der Waals surface area contributed by atoms with E-state index in [1.54, 1.807) is 0 Å². The smallest absolute Gasteiger partial charge is 0.0933 e. The van der Waals surface area contributed by atoms with E-state index < -0.39 is 0 Å². The predicted octanol–water partition coefficient (Wildman–Crippen LogP) is 0.195. The summed E-state index contributed by atoms with van der Waals surface area (Å²) in [5.41, 5.74) is 5.84. The van der Waals surface area contributed by atoms with Crippen LogP contribution >= 0.6 is 0 Å². The molecule has 0 amide bonds. The van der Waals surface area contributed by atoms with Gasteiger partial charge in [-0.3, -0.25) is 4.90 Å². The number of morpholine rings is 1. The molecule has 0 bridgehead atoms. The van der Waals surface area contributed by atoms with Crippen molar-refractivity contribution in [2.45, 2.75) is 44.4 Å². The highest BCUT2D eigenvalue weighted by Crippen LogP contribution is 2.31. The summed E-state index contributed by atoms with van der Waals surface area (Å²) in [6, 6.07) is 1.07. The summed E-state index contributed by atoms with van der Waals surface area (Å²) >= 11 is 0. The Morgan fingerprint density at radius 1 is 1.44 bits per heavy atom. The van der Waals surface area contributed by atoms with Gasteiger partial charge >= 0.3 is 0 Å². The van der Waals surface area contributed by atoms with Crippen LogP contribution in [-0.4, -0.2) is 54.5 Å². The summed E-state index contributed by atoms with van der Waals surface area (Å²) in [6.45, 7) is 4.72. The monoisotopic (exact) mass is 228 g/mol. The number of nitrogens with zero attached hydrogens (tertiary/aromatic N) is 1. The van der Waals surface area contributed by atoms with Crippen molar-refractivity contribution in [2.24, 2.45) is 11.7 Å². The van der Waals surface area contributed by atoms with Crippen LogP contribution in [0.3, 0.4) is 0 Å². The molecule has 1 heterocycles. The van der Waals surface area contributed by atoms with Gasteiger partial charge in [-0.2, -0.15) is 0 Å². The number of hydrogen-bond donors (Lipinski definition) is 2. The Labute approximate surface area is 97.7 Å². The molecule has 2 aliphatic rings. The zero-order valence-electron chi connectivity index (χ0n) is 10.1. The molecule has 1 aliphatic heterocycles. The molecule has 1 saturated carbocycles. The van der Waals surface area contributed by atoms with Crippen molar-refractivity contribution in [3.8, 4) is 0 Å². The molecule has 1 aliphatic carbocycles. The van der Waals surface area contributed by atoms with E-state index in [0.717, 1.165) is 19.7 Å². The van der Waals surface area contributed by atoms with Crippen LogP contribution in [0.25, 0.3) is 0 Å². The van der Waals surface area contributed by atoms with E-state index in [0.29, 0.717) is 18.0 Å². The quantitative estimate of drug-likeness (QED) is 0.724. The lowest BCUT2D eigenvalue weighted by Crippen LogP contribution is -2.55. The third-order valence-corrected chi connectivity index (χ3v) is 4.11. The molecule has 4 unspecified atom stereocenters. The Morgan fingerprint density at radius 2 is 2.25 bits per heavy atom. The minimum atomic E-state index is -0.00442. The minimum Gasteiger partial charge on any atom is -0.394 e. The first-order valence-electron chi connectivity index (χ1n) is 6.44. The SMILES string of the molecule is CC1COC(CO)CN1C1CCCC1CN. The van der Waals surface area contributed by atoms with E-state index in [1.165, 1.54) is 19.3 Å². The molecular formula is C12H24N2O2. The summed E-state index contributed by atoms with van der Waals surface area (Å²) in [7, 11) is 0. The first-order valence-corrected chi connectivity index (χ1v) is 6.44. The van der Waals surface area contributed by atoms with E-state index in [2.05, 4.69) is 11.8 Å². The van der Waals surface area contributed by atoms with Gasteiger partial charge in [-0.05, 0) is 32.2 Å². The van der Waals surface area contributed by atoms with Gasteiger partial charge in [-0.1, -0.05) is 6.42 Å². The molecule has 16 heavy (non-hydrogen) atoms. The Morgan fingerprint density at radius 3 is 2.94 bits per heavy atom. The molecule has 0 aromatic heterocycles. The van der Waals surface area contributed by atoms with Crippen molar-refractivity contribution < 1.29 is 9.84 Å². The second-order valence-electron chi connectivity index (χ2n) is 5.18. The van der Waals surface area contributed by atoms with Gasteiger partial charge in [0, 0.05) is 18.6 Å². The average molecular weight is 228 g/mol. The minimum absolute atomic E-state index is 0.00442. The maximum absolute atomic E-state index is 9.18. The molecule has 3 N–H and O–H groups in total.